The maximum Gasteiger partial charge on any atom is 0.131 e. The third kappa shape index (κ3) is 6.63. The number of phenolic OH excluding ortho intramolecular Hbond substituents is 2. The third-order valence-corrected chi connectivity index (χ3v) is 6.45. The molecule has 0 aromatic heterocycles. The molecule has 176 valence electrons. The van der Waals surface area contributed by atoms with Crippen molar-refractivity contribution in [3.63, 3.8) is 0 Å². The number of hydrogen-bond donors (Lipinski definition) is 2. The summed E-state index contributed by atoms with van der Waals surface area (Å²) in [5, 5.41) is 24.9. The molecule has 0 atom stereocenters. The summed E-state index contributed by atoms with van der Waals surface area (Å²) in [5.74, 6) is 1.23. The van der Waals surface area contributed by atoms with Crippen LogP contribution in [0, 0.1) is 5.92 Å². The lowest BCUT2D eigenvalue weighted by molar-refractivity contribution is 0.478. The van der Waals surface area contributed by atoms with Crippen molar-refractivity contribution in [2.24, 2.45) is 5.92 Å². The molecular weight excluding hydrogens is 404 g/mol. The number of phenols is 2. The monoisotopic (exact) mass is 444 g/mol. The number of rotatable bonds is 10. The summed E-state index contributed by atoms with van der Waals surface area (Å²) in [6.45, 7) is 11.0. The van der Waals surface area contributed by atoms with Gasteiger partial charge in [0.2, 0.25) is 0 Å². The summed E-state index contributed by atoms with van der Waals surface area (Å²) in [6, 6.07) is 12.1. The highest BCUT2D eigenvalue weighted by molar-refractivity contribution is 6.10. The predicted octanol–water partition coefficient (Wildman–Crippen LogP) is 9.01. The Hall–Kier alpha value is -2.74. The van der Waals surface area contributed by atoms with Gasteiger partial charge in [-0.15, -0.1) is 0 Å². The Bertz CT molecular complexity index is 1160. The molecule has 2 N–H and O–H groups in total. The molecule has 33 heavy (non-hydrogen) atoms. The van der Waals surface area contributed by atoms with Crippen molar-refractivity contribution >= 4 is 21.5 Å². The van der Waals surface area contributed by atoms with E-state index in [9.17, 15) is 10.2 Å². The number of hydrogen-bond acceptors (Lipinski definition) is 2. The van der Waals surface area contributed by atoms with Crippen molar-refractivity contribution in [2.75, 3.05) is 0 Å². The summed E-state index contributed by atoms with van der Waals surface area (Å²) in [6.07, 6.45) is 12.0. The van der Waals surface area contributed by atoms with Crippen molar-refractivity contribution in [3.8, 4) is 11.5 Å². The number of aryl methyl sites for hydroxylation is 2. The molecule has 0 saturated carbocycles. The van der Waals surface area contributed by atoms with E-state index >= 15 is 0 Å². The molecule has 0 amide bonds. The number of aromatic hydroxyl groups is 2. The van der Waals surface area contributed by atoms with E-state index in [0.717, 1.165) is 54.7 Å². The number of benzene rings is 3. The Balaban J connectivity index is 1.81. The van der Waals surface area contributed by atoms with Crippen LogP contribution in [-0.2, 0) is 12.8 Å². The molecule has 2 nitrogen and oxygen atoms in total. The largest absolute Gasteiger partial charge is 0.507 e. The topological polar surface area (TPSA) is 40.5 Å². The van der Waals surface area contributed by atoms with Gasteiger partial charge in [-0.25, -0.2) is 0 Å². The zero-order valence-electron chi connectivity index (χ0n) is 21.0. The molecular formula is C31H40O2. The number of fused-ring (bicyclic) bond motifs is 2. The second-order valence-electron chi connectivity index (χ2n) is 10.2. The summed E-state index contributed by atoms with van der Waals surface area (Å²) < 4.78 is 0. The van der Waals surface area contributed by atoms with Crippen molar-refractivity contribution in [3.05, 3.63) is 70.8 Å². The molecule has 3 aromatic rings. The molecule has 0 fully saturated rings. The molecule has 0 radical (unpaired) electrons. The quantitative estimate of drug-likeness (QED) is 0.186. The van der Waals surface area contributed by atoms with Crippen LogP contribution in [0.5, 0.6) is 11.5 Å². The Morgan fingerprint density at radius 2 is 1.33 bits per heavy atom. The van der Waals surface area contributed by atoms with Gasteiger partial charge in [0, 0.05) is 21.5 Å². The summed E-state index contributed by atoms with van der Waals surface area (Å²) in [7, 11) is 0. The van der Waals surface area contributed by atoms with Crippen LogP contribution in [0.3, 0.4) is 0 Å². The molecule has 2 heteroatoms. The van der Waals surface area contributed by atoms with E-state index in [1.54, 1.807) is 0 Å². The first-order valence-electron chi connectivity index (χ1n) is 12.4. The molecule has 0 unspecified atom stereocenters. The van der Waals surface area contributed by atoms with Crippen LogP contribution in [0.25, 0.3) is 21.5 Å². The van der Waals surface area contributed by atoms with Gasteiger partial charge in [-0.1, -0.05) is 67.8 Å². The second kappa shape index (κ2) is 11.4. The van der Waals surface area contributed by atoms with Crippen molar-refractivity contribution in [1.29, 1.82) is 0 Å². The SMILES string of the molecule is CC(C)=CCC/C(C)=C/CCc1ccc2c(O)c3ccc(CCCC(C)C)cc3c(O)c2c1. The van der Waals surface area contributed by atoms with Crippen molar-refractivity contribution in [1.82, 2.24) is 0 Å². The first-order chi connectivity index (χ1) is 15.8. The average Bonchev–Trinajstić information content (AvgIpc) is 2.77. The van der Waals surface area contributed by atoms with Crippen molar-refractivity contribution < 1.29 is 10.2 Å². The van der Waals surface area contributed by atoms with Gasteiger partial charge in [-0.2, -0.15) is 0 Å². The average molecular weight is 445 g/mol. The van der Waals surface area contributed by atoms with Crippen LogP contribution in [0.15, 0.2) is 59.7 Å². The highest BCUT2D eigenvalue weighted by Crippen LogP contribution is 2.42. The van der Waals surface area contributed by atoms with E-state index in [1.807, 2.05) is 18.2 Å². The molecule has 0 aliphatic heterocycles. The fraction of sp³-hybridized carbons (Fsp3) is 0.419. The highest BCUT2D eigenvalue weighted by Gasteiger charge is 2.14. The maximum absolute atomic E-state index is 11.1. The Labute approximate surface area is 199 Å². The predicted molar refractivity (Wildman–Crippen MR) is 143 cm³/mol. The van der Waals surface area contributed by atoms with Crippen molar-refractivity contribution in [2.45, 2.75) is 79.6 Å². The van der Waals surface area contributed by atoms with Gasteiger partial charge in [0.1, 0.15) is 11.5 Å². The Morgan fingerprint density at radius 1 is 0.758 bits per heavy atom. The molecule has 3 aromatic carbocycles. The smallest absolute Gasteiger partial charge is 0.131 e. The van der Waals surface area contributed by atoms with Crippen LogP contribution in [0.4, 0.5) is 0 Å². The third-order valence-electron chi connectivity index (χ3n) is 6.45. The van der Waals surface area contributed by atoms with E-state index in [4.69, 9.17) is 0 Å². The summed E-state index contributed by atoms with van der Waals surface area (Å²) in [4.78, 5) is 0. The fourth-order valence-corrected chi connectivity index (χ4v) is 4.48. The molecule has 0 aliphatic carbocycles. The van der Waals surface area contributed by atoms with Gasteiger partial charge in [-0.05, 0) is 88.5 Å². The summed E-state index contributed by atoms with van der Waals surface area (Å²) >= 11 is 0. The lowest BCUT2D eigenvalue weighted by atomic mass is 9.95. The minimum Gasteiger partial charge on any atom is -0.507 e. The molecule has 3 rings (SSSR count). The molecule has 0 bridgehead atoms. The molecule has 0 spiro atoms. The van der Waals surface area contributed by atoms with Crippen LogP contribution in [-0.4, -0.2) is 10.2 Å². The zero-order valence-corrected chi connectivity index (χ0v) is 21.0. The van der Waals surface area contributed by atoms with Crippen LogP contribution < -0.4 is 0 Å². The van der Waals surface area contributed by atoms with E-state index in [1.165, 1.54) is 28.7 Å². The highest BCUT2D eigenvalue weighted by atomic mass is 16.3. The van der Waals surface area contributed by atoms with Gasteiger partial charge >= 0.3 is 0 Å². The zero-order chi connectivity index (χ0) is 24.0. The normalized spacial score (nSPS) is 12.1. The summed E-state index contributed by atoms with van der Waals surface area (Å²) in [5.41, 5.74) is 5.18. The van der Waals surface area contributed by atoms with Gasteiger partial charge in [-0.3, -0.25) is 0 Å². The van der Waals surface area contributed by atoms with E-state index < -0.39 is 0 Å². The molecule has 0 heterocycles. The first-order valence-corrected chi connectivity index (χ1v) is 12.4. The van der Waals surface area contributed by atoms with E-state index in [-0.39, 0.29) is 11.5 Å². The number of allylic oxidation sites excluding steroid dienone is 4. The first kappa shape index (κ1) is 24.9. The van der Waals surface area contributed by atoms with Gasteiger partial charge < -0.3 is 10.2 Å². The lowest BCUT2D eigenvalue weighted by Crippen LogP contribution is -1.92. The standard InChI is InChI=1S/C31H40O2/c1-21(2)9-6-11-23(5)12-8-14-25-16-18-27-29(20-25)31(33)28-19-24(13-7-10-22(3)4)15-17-26(28)30(27)32/h9,12,15-20,22,32-33H,6-8,10-11,13-14H2,1-5H3/b23-12+. The van der Waals surface area contributed by atoms with E-state index in [2.05, 4.69) is 65.0 Å². The molecule has 0 aliphatic rings. The van der Waals surface area contributed by atoms with Crippen LogP contribution in [0.1, 0.15) is 77.8 Å². The fourth-order valence-electron chi connectivity index (χ4n) is 4.48. The lowest BCUT2D eigenvalue weighted by Gasteiger charge is -2.13. The maximum atomic E-state index is 11.1. The van der Waals surface area contributed by atoms with Gasteiger partial charge in [0.25, 0.3) is 0 Å². The van der Waals surface area contributed by atoms with Gasteiger partial charge in [0.15, 0.2) is 0 Å². The minimum absolute atomic E-state index is 0.257. The molecule has 0 saturated heterocycles. The Morgan fingerprint density at radius 3 is 1.91 bits per heavy atom. The van der Waals surface area contributed by atoms with Gasteiger partial charge in [0.05, 0.1) is 0 Å². The second-order valence-corrected chi connectivity index (χ2v) is 10.2. The Kier molecular flexibility index (Phi) is 8.61. The van der Waals surface area contributed by atoms with E-state index in [0.29, 0.717) is 11.3 Å². The van der Waals surface area contributed by atoms with Crippen LogP contribution in [0.2, 0.25) is 0 Å². The van der Waals surface area contributed by atoms with Crippen LogP contribution >= 0.6 is 0 Å². The minimum atomic E-state index is 0.257.